The second kappa shape index (κ2) is 2.79. The number of hydrogen-bond acceptors (Lipinski definition) is 3. The molecule has 4 nitrogen and oxygen atoms in total. The molecule has 0 aromatic carbocycles. The Hall–Kier alpha value is -1.03. The number of nitrogens with zero attached hydrogens (tertiary/aromatic N) is 2. The zero-order valence-corrected chi connectivity index (χ0v) is 7.25. The first kappa shape index (κ1) is 7.61. The molecule has 0 fully saturated rings. The number of anilines is 1. The zero-order chi connectivity index (χ0) is 8.55. The fourth-order valence-corrected chi connectivity index (χ4v) is 1.64. The number of nitrogens with two attached hydrogens (primary N) is 1. The summed E-state index contributed by atoms with van der Waals surface area (Å²) in [5.41, 5.74) is 6.84. The lowest BCUT2D eigenvalue weighted by Crippen LogP contribution is -2.28. The lowest BCUT2D eigenvalue weighted by Gasteiger charge is -2.24. The van der Waals surface area contributed by atoms with E-state index in [1.54, 1.807) is 0 Å². The topological polar surface area (TPSA) is 55.9 Å². The highest BCUT2D eigenvalue weighted by atomic mass is 15.4. The first-order chi connectivity index (χ1) is 5.83. The molecule has 0 spiro atoms. The molecule has 1 atom stereocenters. The Morgan fingerprint density at radius 3 is 3.42 bits per heavy atom. The molecule has 0 bridgehead atoms. The van der Waals surface area contributed by atoms with Crippen molar-refractivity contribution in [1.29, 1.82) is 0 Å². The summed E-state index contributed by atoms with van der Waals surface area (Å²) < 4.78 is 2.00. The van der Waals surface area contributed by atoms with E-state index in [0.29, 0.717) is 12.6 Å². The Kier molecular flexibility index (Phi) is 1.77. The van der Waals surface area contributed by atoms with Gasteiger partial charge in [-0.05, 0) is 13.3 Å². The van der Waals surface area contributed by atoms with Crippen molar-refractivity contribution in [2.75, 3.05) is 18.4 Å². The Bertz CT molecular complexity index is 279. The van der Waals surface area contributed by atoms with Crippen LogP contribution in [0.25, 0.3) is 0 Å². The predicted molar refractivity (Wildman–Crippen MR) is 48.2 cm³/mol. The van der Waals surface area contributed by atoms with E-state index in [4.69, 9.17) is 5.73 Å². The van der Waals surface area contributed by atoms with Crippen molar-refractivity contribution in [1.82, 2.24) is 9.78 Å². The summed E-state index contributed by atoms with van der Waals surface area (Å²) in [6.45, 7) is 3.74. The molecule has 0 aliphatic carbocycles. The van der Waals surface area contributed by atoms with E-state index in [1.165, 1.54) is 5.56 Å². The molecular weight excluding hydrogens is 152 g/mol. The van der Waals surface area contributed by atoms with Gasteiger partial charge < -0.3 is 11.1 Å². The Morgan fingerprint density at radius 2 is 2.67 bits per heavy atom. The van der Waals surface area contributed by atoms with Crippen LogP contribution in [0.4, 0.5) is 5.82 Å². The third-order valence-electron chi connectivity index (χ3n) is 2.37. The molecule has 3 N–H and O–H groups in total. The largest absolute Gasteiger partial charge is 0.370 e. The Balaban J connectivity index is 2.38. The van der Waals surface area contributed by atoms with E-state index in [0.717, 1.165) is 18.8 Å². The maximum Gasteiger partial charge on any atom is 0.127 e. The van der Waals surface area contributed by atoms with Crippen LogP contribution in [0.3, 0.4) is 0 Å². The molecule has 1 aromatic heterocycles. The highest BCUT2D eigenvalue weighted by molar-refractivity contribution is 5.44. The molecular formula is C8H14N4. The smallest absolute Gasteiger partial charge is 0.127 e. The fraction of sp³-hybridized carbons (Fsp3) is 0.625. The van der Waals surface area contributed by atoms with Crippen LogP contribution in [-0.2, 0) is 0 Å². The van der Waals surface area contributed by atoms with Crippen molar-refractivity contribution in [2.45, 2.75) is 19.4 Å². The monoisotopic (exact) mass is 166 g/mol. The molecule has 0 saturated carbocycles. The van der Waals surface area contributed by atoms with Gasteiger partial charge in [-0.25, -0.2) is 4.68 Å². The number of aryl methyl sites for hydroxylation is 1. The van der Waals surface area contributed by atoms with Crippen LogP contribution in [0.1, 0.15) is 18.0 Å². The van der Waals surface area contributed by atoms with Crippen molar-refractivity contribution < 1.29 is 0 Å². The number of rotatable bonds is 1. The summed E-state index contributed by atoms with van der Waals surface area (Å²) in [7, 11) is 0. The maximum absolute atomic E-state index is 5.64. The predicted octanol–water partition coefficient (Wildman–Crippen LogP) is 0.507. The minimum atomic E-state index is 0.384. The van der Waals surface area contributed by atoms with E-state index in [-0.39, 0.29) is 0 Å². The summed E-state index contributed by atoms with van der Waals surface area (Å²) in [5.74, 6) is 1.14. The number of aromatic nitrogens is 2. The van der Waals surface area contributed by atoms with Gasteiger partial charge in [0.1, 0.15) is 5.82 Å². The third-order valence-corrected chi connectivity index (χ3v) is 2.37. The van der Waals surface area contributed by atoms with Crippen LogP contribution in [0.15, 0.2) is 6.20 Å². The lowest BCUT2D eigenvalue weighted by atomic mass is 10.1. The molecule has 2 heterocycles. The van der Waals surface area contributed by atoms with Gasteiger partial charge in [0.25, 0.3) is 0 Å². The van der Waals surface area contributed by atoms with Crippen LogP contribution in [0, 0.1) is 6.92 Å². The second-order valence-electron chi connectivity index (χ2n) is 3.23. The highest BCUT2D eigenvalue weighted by Crippen LogP contribution is 2.24. The minimum absolute atomic E-state index is 0.384. The van der Waals surface area contributed by atoms with Gasteiger partial charge >= 0.3 is 0 Å². The lowest BCUT2D eigenvalue weighted by molar-refractivity contribution is 0.427. The Morgan fingerprint density at radius 1 is 1.83 bits per heavy atom. The van der Waals surface area contributed by atoms with E-state index in [9.17, 15) is 0 Å². The molecule has 0 saturated heterocycles. The molecule has 1 unspecified atom stereocenters. The van der Waals surface area contributed by atoms with E-state index >= 15 is 0 Å². The van der Waals surface area contributed by atoms with Crippen molar-refractivity contribution in [3.8, 4) is 0 Å². The summed E-state index contributed by atoms with van der Waals surface area (Å²) in [4.78, 5) is 0. The van der Waals surface area contributed by atoms with Gasteiger partial charge in [-0.2, -0.15) is 5.10 Å². The standard InChI is InChI=1S/C8H14N4/c1-6-5-11-12-7(4-9)2-3-10-8(6)12/h5,7,10H,2-4,9H2,1H3. The average Bonchev–Trinajstić information content (AvgIpc) is 2.48. The second-order valence-corrected chi connectivity index (χ2v) is 3.23. The van der Waals surface area contributed by atoms with Crippen molar-refractivity contribution in [2.24, 2.45) is 5.73 Å². The SMILES string of the molecule is Cc1cnn2c1NCCC2CN. The first-order valence-electron chi connectivity index (χ1n) is 4.31. The van der Waals surface area contributed by atoms with E-state index < -0.39 is 0 Å². The molecule has 1 aliphatic heterocycles. The molecule has 0 radical (unpaired) electrons. The average molecular weight is 166 g/mol. The van der Waals surface area contributed by atoms with Gasteiger partial charge in [-0.15, -0.1) is 0 Å². The molecule has 1 aromatic rings. The Labute approximate surface area is 71.7 Å². The molecule has 0 amide bonds. The molecule has 2 rings (SSSR count). The number of hydrogen-bond donors (Lipinski definition) is 2. The van der Waals surface area contributed by atoms with Crippen molar-refractivity contribution in [3.63, 3.8) is 0 Å². The van der Waals surface area contributed by atoms with Gasteiger partial charge in [0, 0.05) is 18.7 Å². The fourth-order valence-electron chi connectivity index (χ4n) is 1.64. The maximum atomic E-state index is 5.64. The molecule has 1 aliphatic rings. The van der Waals surface area contributed by atoms with Crippen LogP contribution in [0.2, 0.25) is 0 Å². The normalized spacial score (nSPS) is 21.7. The van der Waals surface area contributed by atoms with Crippen LogP contribution < -0.4 is 11.1 Å². The first-order valence-corrected chi connectivity index (χ1v) is 4.31. The van der Waals surface area contributed by atoms with E-state index in [2.05, 4.69) is 17.3 Å². The summed E-state index contributed by atoms with van der Waals surface area (Å²) in [6.07, 6.45) is 2.96. The van der Waals surface area contributed by atoms with Crippen LogP contribution in [-0.4, -0.2) is 22.9 Å². The van der Waals surface area contributed by atoms with Crippen molar-refractivity contribution >= 4 is 5.82 Å². The molecule has 66 valence electrons. The third kappa shape index (κ3) is 0.992. The minimum Gasteiger partial charge on any atom is -0.370 e. The van der Waals surface area contributed by atoms with Crippen LogP contribution in [0.5, 0.6) is 0 Å². The van der Waals surface area contributed by atoms with Gasteiger partial charge in [-0.3, -0.25) is 0 Å². The van der Waals surface area contributed by atoms with Gasteiger partial charge in [0.2, 0.25) is 0 Å². The molecule has 12 heavy (non-hydrogen) atoms. The number of nitrogens with one attached hydrogen (secondary N) is 1. The summed E-state index contributed by atoms with van der Waals surface area (Å²) in [6, 6.07) is 0.384. The van der Waals surface area contributed by atoms with Gasteiger partial charge in [-0.1, -0.05) is 0 Å². The summed E-state index contributed by atoms with van der Waals surface area (Å²) in [5, 5.41) is 7.60. The van der Waals surface area contributed by atoms with E-state index in [1.807, 2.05) is 10.9 Å². The number of fused-ring (bicyclic) bond motifs is 1. The van der Waals surface area contributed by atoms with Crippen molar-refractivity contribution in [3.05, 3.63) is 11.8 Å². The van der Waals surface area contributed by atoms with Gasteiger partial charge in [0.05, 0.1) is 12.2 Å². The highest BCUT2D eigenvalue weighted by Gasteiger charge is 2.19. The van der Waals surface area contributed by atoms with Crippen LogP contribution >= 0.6 is 0 Å². The van der Waals surface area contributed by atoms with Gasteiger partial charge in [0.15, 0.2) is 0 Å². The quantitative estimate of drug-likeness (QED) is 0.639. The summed E-state index contributed by atoms with van der Waals surface area (Å²) >= 11 is 0. The molecule has 4 heteroatoms. The zero-order valence-electron chi connectivity index (χ0n) is 7.25.